The van der Waals surface area contributed by atoms with Crippen LogP contribution in [0.3, 0.4) is 0 Å². The second kappa shape index (κ2) is 5.66. The Balaban J connectivity index is 1.69. The van der Waals surface area contributed by atoms with Crippen LogP contribution in [0, 0.1) is 0 Å². The van der Waals surface area contributed by atoms with Crippen LogP contribution in [0.1, 0.15) is 11.1 Å². The number of hydrogen-bond acceptors (Lipinski definition) is 3. The Hall–Kier alpha value is -2.75. The Kier molecular flexibility index (Phi) is 3.57. The van der Waals surface area contributed by atoms with Gasteiger partial charge in [0.2, 0.25) is 5.91 Å². The average molecular weight is 333 g/mol. The molecular weight excluding hydrogens is 310 g/mol. The van der Waals surface area contributed by atoms with Gasteiger partial charge >= 0.3 is 0 Å². The van der Waals surface area contributed by atoms with E-state index in [2.05, 4.69) is 64.4 Å². The summed E-state index contributed by atoms with van der Waals surface area (Å²) in [5, 5.41) is 0. The standard InChI is InChI=1S/C21H23N3O/c1-22(2)18-10-8-16(9-11-18)12-13-21-14-17-6-4-5-7-19(17)24(21)15-20(25)23(21)3/h4-13H,14-15H2,1-3H3. The number of hydrogen-bond donors (Lipinski definition) is 0. The van der Waals surface area contributed by atoms with Crippen LogP contribution in [0.5, 0.6) is 0 Å². The topological polar surface area (TPSA) is 26.8 Å². The van der Waals surface area contributed by atoms with E-state index in [-0.39, 0.29) is 11.6 Å². The Morgan fingerprint density at radius 3 is 2.52 bits per heavy atom. The lowest BCUT2D eigenvalue weighted by Gasteiger charge is -2.35. The molecule has 2 aromatic rings. The quantitative estimate of drug-likeness (QED) is 0.864. The van der Waals surface area contributed by atoms with Crippen LogP contribution in [-0.4, -0.2) is 44.2 Å². The monoisotopic (exact) mass is 333 g/mol. The molecule has 2 aliphatic rings. The predicted octanol–water partition coefficient (Wildman–Crippen LogP) is 3.00. The minimum absolute atomic E-state index is 0.169. The van der Waals surface area contributed by atoms with Crippen molar-refractivity contribution >= 4 is 23.4 Å². The van der Waals surface area contributed by atoms with Gasteiger partial charge in [0.25, 0.3) is 0 Å². The van der Waals surface area contributed by atoms with Gasteiger partial charge in [0, 0.05) is 38.9 Å². The summed E-state index contributed by atoms with van der Waals surface area (Å²) in [7, 11) is 5.99. The van der Waals surface area contributed by atoms with E-state index in [1.807, 2.05) is 32.1 Å². The van der Waals surface area contributed by atoms with E-state index >= 15 is 0 Å². The first-order valence-corrected chi connectivity index (χ1v) is 8.60. The van der Waals surface area contributed by atoms with Crippen molar-refractivity contribution in [3.05, 3.63) is 65.7 Å². The molecular formula is C21H23N3O. The fourth-order valence-corrected chi connectivity index (χ4v) is 3.86. The van der Waals surface area contributed by atoms with Crippen molar-refractivity contribution in [3.63, 3.8) is 0 Å². The van der Waals surface area contributed by atoms with E-state index in [0.717, 1.165) is 12.0 Å². The Bertz CT molecular complexity index is 840. The number of fused-ring (bicyclic) bond motifs is 3. The molecule has 2 aromatic carbocycles. The fraction of sp³-hybridized carbons (Fsp3) is 0.286. The third kappa shape index (κ3) is 2.40. The molecule has 0 aromatic heterocycles. The lowest BCUT2D eigenvalue weighted by molar-refractivity contribution is -0.127. The maximum atomic E-state index is 12.4. The number of rotatable bonds is 3. The highest BCUT2D eigenvalue weighted by Crippen LogP contribution is 2.44. The second-order valence-electron chi connectivity index (χ2n) is 7.04. The van der Waals surface area contributed by atoms with Crippen molar-refractivity contribution in [2.75, 3.05) is 37.5 Å². The number of nitrogens with zero attached hydrogens (tertiary/aromatic N) is 3. The van der Waals surface area contributed by atoms with Gasteiger partial charge in [-0.15, -0.1) is 0 Å². The van der Waals surface area contributed by atoms with Crippen LogP contribution < -0.4 is 9.80 Å². The molecule has 0 bridgehead atoms. The largest absolute Gasteiger partial charge is 0.378 e. The Morgan fingerprint density at radius 2 is 1.80 bits per heavy atom. The summed E-state index contributed by atoms with van der Waals surface area (Å²) in [6.07, 6.45) is 5.15. The maximum Gasteiger partial charge on any atom is 0.244 e. The zero-order valence-electron chi connectivity index (χ0n) is 14.9. The molecule has 1 unspecified atom stereocenters. The lowest BCUT2D eigenvalue weighted by atomic mass is 10.0. The summed E-state index contributed by atoms with van der Waals surface area (Å²) in [4.78, 5) is 18.6. The molecule has 0 N–H and O–H groups in total. The third-order valence-electron chi connectivity index (χ3n) is 5.40. The number of carbonyl (C=O) groups excluding carboxylic acids is 1. The highest BCUT2D eigenvalue weighted by Gasteiger charge is 2.52. The van der Waals surface area contributed by atoms with Crippen LogP contribution in [0.4, 0.5) is 11.4 Å². The van der Waals surface area contributed by atoms with Crippen molar-refractivity contribution < 1.29 is 4.79 Å². The van der Waals surface area contributed by atoms with Gasteiger partial charge in [-0.1, -0.05) is 36.4 Å². The van der Waals surface area contributed by atoms with Crippen LogP contribution in [0.25, 0.3) is 6.08 Å². The van der Waals surface area contributed by atoms with Gasteiger partial charge in [0.15, 0.2) is 0 Å². The van der Waals surface area contributed by atoms with Crippen molar-refractivity contribution in [2.45, 2.75) is 12.1 Å². The number of amides is 1. The third-order valence-corrected chi connectivity index (χ3v) is 5.40. The first kappa shape index (κ1) is 15.8. The number of carbonyl (C=O) groups is 1. The van der Waals surface area contributed by atoms with Gasteiger partial charge in [-0.2, -0.15) is 0 Å². The highest BCUT2D eigenvalue weighted by atomic mass is 16.2. The number of benzene rings is 2. The van der Waals surface area contributed by atoms with Crippen molar-refractivity contribution in [1.29, 1.82) is 0 Å². The molecule has 128 valence electrons. The Morgan fingerprint density at radius 1 is 1.08 bits per heavy atom. The summed E-state index contributed by atoms with van der Waals surface area (Å²) >= 11 is 0. The normalized spacial score (nSPS) is 21.8. The van der Waals surface area contributed by atoms with E-state index in [9.17, 15) is 4.79 Å². The van der Waals surface area contributed by atoms with Gasteiger partial charge in [0.1, 0.15) is 5.66 Å². The first-order chi connectivity index (χ1) is 12.0. The van der Waals surface area contributed by atoms with Crippen molar-refractivity contribution in [3.8, 4) is 0 Å². The van der Waals surface area contributed by atoms with Crippen LogP contribution in [0.15, 0.2) is 54.6 Å². The van der Waals surface area contributed by atoms with Crippen LogP contribution in [0.2, 0.25) is 0 Å². The minimum atomic E-state index is -0.388. The van der Waals surface area contributed by atoms with E-state index in [1.165, 1.54) is 16.9 Å². The number of anilines is 2. The molecule has 1 fully saturated rings. The summed E-state index contributed by atoms with van der Waals surface area (Å²) in [6, 6.07) is 16.8. The SMILES string of the molecule is CN(C)c1ccc(C=CC23Cc4ccccc4N2CC(=O)N3C)cc1. The van der Waals surface area contributed by atoms with Crippen molar-refractivity contribution in [1.82, 2.24) is 4.90 Å². The summed E-state index contributed by atoms with van der Waals surface area (Å²) in [5.74, 6) is 0.169. The van der Waals surface area contributed by atoms with E-state index < -0.39 is 0 Å². The molecule has 4 rings (SSSR count). The van der Waals surface area contributed by atoms with E-state index in [0.29, 0.717) is 6.54 Å². The first-order valence-electron chi connectivity index (χ1n) is 8.60. The molecule has 0 spiro atoms. The van der Waals surface area contributed by atoms with Crippen molar-refractivity contribution in [2.24, 2.45) is 0 Å². The van der Waals surface area contributed by atoms with Gasteiger partial charge in [-0.25, -0.2) is 0 Å². The number of likely N-dealkylation sites (N-methyl/N-ethyl adjacent to an activating group) is 1. The Labute approximate surface area is 149 Å². The minimum Gasteiger partial charge on any atom is -0.378 e. The molecule has 1 atom stereocenters. The summed E-state index contributed by atoms with van der Waals surface area (Å²) < 4.78 is 0. The van der Waals surface area contributed by atoms with Crippen LogP contribution in [-0.2, 0) is 11.2 Å². The summed E-state index contributed by atoms with van der Waals surface area (Å²) in [5.41, 5.74) is 4.41. The van der Waals surface area contributed by atoms with E-state index in [1.54, 1.807) is 0 Å². The molecule has 0 saturated carbocycles. The zero-order chi connectivity index (χ0) is 17.6. The smallest absolute Gasteiger partial charge is 0.244 e. The molecule has 2 aliphatic heterocycles. The molecule has 1 saturated heterocycles. The molecule has 25 heavy (non-hydrogen) atoms. The van der Waals surface area contributed by atoms with Gasteiger partial charge < -0.3 is 14.7 Å². The van der Waals surface area contributed by atoms with Gasteiger partial charge in [-0.3, -0.25) is 4.79 Å². The second-order valence-corrected chi connectivity index (χ2v) is 7.04. The molecule has 0 aliphatic carbocycles. The van der Waals surface area contributed by atoms with Gasteiger partial charge in [-0.05, 0) is 35.4 Å². The zero-order valence-corrected chi connectivity index (χ0v) is 14.9. The van der Waals surface area contributed by atoms with Gasteiger partial charge in [0.05, 0.1) is 6.54 Å². The maximum absolute atomic E-state index is 12.4. The molecule has 4 heteroatoms. The molecule has 2 heterocycles. The average Bonchev–Trinajstić information content (AvgIpc) is 3.06. The van der Waals surface area contributed by atoms with E-state index in [4.69, 9.17) is 0 Å². The predicted molar refractivity (Wildman–Crippen MR) is 103 cm³/mol. The lowest BCUT2D eigenvalue weighted by Crippen LogP contribution is -2.49. The number of para-hydroxylation sites is 1. The fourth-order valence-electron chi connectivity index (χ4n) is 3.86. The molecule has 4 nitrogen and oxygen atoms in total. The summed E-state index contributed by atoms with van der Waals surface area (Å²) in [6.45, 7) is 0.442. The van der Waals surface area contributed by atoms with Crippen LogP contribution >= 0.6 is 0 Å². The molecule has 1 amide bonds. The highest BCUT2D eigenvalue weighted by molar-refractivity contribution is 5.90. The molecule has 0 radical (unpaired) electrons.